The molecule has 1 atom stereocenters. The molecule has 0 spiro atoms. The topological polar surface area (TPSA) is 401 Å². The minimum Gasteiger partial charge on any atom is -0.490 e. The first-order chi connectivity index (χ1) is 53.4. The molecular formula is C71H96N8O26S6. The molecule has 1 aliphatic rings. The van der Waals surface area contributed by atoms with Crippen LogP contribution in [0.25, 0.3) is 0 Å². The second-order valence-electron chi connectivity index (χ2n) is 22.2. The summed E-state index contributed by atoms with van der Waals surface area (Å²) in [5.41, 5.74) is -4.85. The van der Waals surface area contributed by atoms with Crippen molar-refractivity contribution in [3.8, 4) is 11.5 Å². The molecule has 612 valence electrons. The van der Waals surface area contributed by atoms with Gasteiger partial charge in [-0.1, -0.05) is 61.2 Å². The fourth-order valence-corrected chi connectivity index (χ4v) is 10.6. The zero-order valence-corrected chi connectivity index (χ0v) is 66.7. The summed E-state index contributed by atoms with van der Waals surface area (Å²) < 4.78 is 56.2. The van der Waals surface area contributed by atoms with Gasteiger partial charge in [-0.15, -0.1) is 19.7 Å². The third-order valence-corrected chi connectivity index (χ3v) is 16.4. The smallest absolute Gasteiger partial charge is 0.336 e. The predicted molar refractivity (Wildman–Crippen MR) is 426 cm³/mol. The van der Waals surface area contributed by atoms with Crippen molar-refractivity contribution in [2.24, 2.45) is 5.92 Å². The van der Waals surface area contributed by atoms with Crippen molar-refractivity contribution in [1.29, 1.82) is 0 Å². The molecule has 2 aromatic heterocycles. The molecule has 111 heavy (non-hydrogen) atoms. The number of thioether (sulfide) groups is 1. The van der Waals surface area contributed by atoms with Gasteiger partial charge in [-0.25, -0.2) is 65.8 Å². The molecule has 1 saturated heterocycles. The molecule has 1 unspecified atom stereocenters. The average molecular weight is 1670 g/mol. The molecule has 3 heterocycles. The van der Waals surface area contributed by atoms with Crippen LogP contribution in [0.1, 0.15) is 51.4 Å². The van der Waals surface area contributed by atoms with E-state index in [4.69, 9.17) is 47.4 Å². The molecule has 2 aromatic carbocycles. The second kappa shape index (κ2) is 58.7. The molecule has 0 aliphatic carbocycles. The molecule has 0 radical (unpaired) electrons. The molecule has 4 aromatic rings. The first-order valence-corrected chi connectivity index (χ1v) is 38.9. The fourth-order valence-electron chi connectivity index (χ4n) is 8.90. The number of benzene rings is 2. The first kappa shape index (κ1) is 97.9. The Kier molecular flexibility index (Phi) is 51.7. The third-order valence-electron chi connectivity index (χ3n) is 14.2. The van der Waals surface area contributed by atoms with Crippen LogP contribution in [0.3, 0.4) is 0 Å². The summed E-state index contributed by atoms with van der Waals surface area (Å²) in [6.45, 7) is 12.4. The molecule has 34 nitrogen and oxygen atoms in total. The van der Waals surface area contributed by atoms with E-state index in [1.165, 1.54) is 18.2 Å². The molecule has 4 amide bonds. The Hall–Kier alpha value is -9.22. The first-order valence-electron chi connectivity index (χ1n) is 34.6. The van der Waals surface area contributed by atoms with Gasteiger partial charge in [0.25, 0.3) is 0 Å². The van der Waals surface area contributed by atoms with E-state index in [1.807, 2.05) is 60.7 Å². The Morgan fingerprint density at radius 3 is 1.14 bits per heavy atom. The highest BCUT2D eigenvalue weighted by atomic mass is 32.2. The molecule has 0 saturated carbocycles. The van der Waals surface area contributed by atoms with E-state index in [2.05, 4.69) is 89.5 Å². The van der Waals surface area contributed by atoms with Gasteiger partial charge < -0.3 is 47.4 Å². The summed E-state index contributed by atoms with van der Waals surface area (Å²) in [6, 6.07) is 17.6. The number of ether oxygens (including phenoxy) is 10. The fraction of sp³-hybridized carbons (Fsp3) is 0.493. The normalized spacial score (nSPS) is 12.0. The number of para-hydroxylation sites is 2. The van der Waals surface area contributed by atoms with E-state index < -0.39 is 100 Å². The Morgan fingerprint density at radius 1 is 0.378 bits per heavy atom. The molecule has 0 N–H and O–H groups in total. The second-order valence-corrected chi connectivity index (χ2v) is 25.7. The van der Waals surface area contributed by atoms with Crippen LogP contribution in [0.5, 0.6) is 11.5 Å². The van der Waals surface area contributed by atoms with Crippen LogP contribution < -0.4 is 43.6 Å². The number of carbonyl (C=O) groups excluding carboxylic acids is 10. The van der Waals surface area contributed by atoms with E-state index in [-0.39, 0.29) is 173 Å². The van der Waals surface area contributed by atoms with Gasteiger partial charge in [-0.05, 0) is 55.0 Å². The van der Waals surface area contributed by atoms with Crippen LogP contribution in [0.15, 0.2) is 140 Å². The Balaban J connectivity index is 0.000000554. The molecule has 1 aliphatic heterocycles. The zero-order chi connectivity index (χ0) is 82.3. The van der Waals surface area contributed by atoms with Gasteiger partial charge in [0.15, 0.2) is 0 Å². The number of nitrogens with zero attached hydrogens (tertiary/aromatic N) is 8. The number of esters is 7. The number of hydrogen-bond donors (Lipinski definition) is 5. The number of hydrogen-bond acceptors (Lipinski definition) is 32. The average Bonchev–Trinajstić information content (AvgIpc) is 0.805. The summed E-state index contributed by atoms with van der Waals surface area (Å²) in [6.07, 6.45) is 7.03. The van der Waals surface area contributed by atoms with Gasteiger partial charge in [-0.3, -0.25) is 48.2 Å². The third kappa shape index (κ3) is 38.0. The van der Waals surface area contributed by atoms with Gasteiger partial charge >= 0.3 is 82.0 Å². The van der Waals surface area contributed by atoms with Gasteiger partial charge in [0.05, 0.1) is 84.5 Å². The summed E-state index contributed by atoms with van der Waals surface area (Å²) in [4.78, 5) is 196. The van der Waals surface area contributed by atoms with E-state index in [0.29, 0.717) is 48.2 Å². The maximum atomic E-state index is 13.1. The lowest BCUT2D eigenvalue weighted by molar-refractivity contribution is -0.157. The SMILES string of the molecule is C=CC(=O)OCCOc1ccccc1.C=CCn1c(=O)n(CC=C)c(=O)n(CC=C)c1=O.O=C(CCS)OCCN1C(=O)C(CCOCCCSCCC(=O)OCCOc2ccccc2)C(=O)N(CC(=O)OCCCS)C1=O.O=C(CCS)OCCn1c(=O)n(CCOC(=O)CCS)c(=O)n(CCOC(=O)CCS)c1=O. The van der Waals surface area contributed by atoms with Crippen LogP contribution in [0.4, 0.5) is 4.79 Å². The van der Waals surface area contributed by atoms with Crippen LogP contribution in [0, 0.1) is 5.92 Å². The minimum atomic E-state index is -1.26. The highest BCUT2D eigenvalue weighted by molar-refractivity contribution is 7.99. The van der Waals surface area contributed by atoms with Gasteiger partial charge in [-0.2, -0.15) is 74.9 Å². The maximum Gasteiger partial charge on any atom is 0.336 e. The van der Waals surface area contributed by atoms with Crippen molar-refractivity contribution < 1.29 is 95.3 Å². The number of barbiturate groups is 1. The lowest BCUT2D eigenvalue weighted by Gasteiger charge is -2.36. The molecule has 40 heteroatoms. The lowest BCUT2D eigenvalue weighted by atomic mass is 10.00. The number of rotatable bonds is 50. The Bertz CT molecular complexity index is 3760. The van der Waals surface area contributed by atoms with Gasteiger partial charge in [0.2, 0.25) is 11.8 Å². The lowest BCUT2D eigenvalue weighted by Crippen LogP contribution is -2.61. The van der Waals surface area contributed by atoms with Crippen LogP contribution in [0.2, 0.25) is 0 Å². The van der Waals surface area contributed by atoms with Crippen LogP contribution in [-0.4, -0.2) is 223 Å². The Labute approximate surface area is 671 Å². The number of amides is 4. The van der Waals surface area contributed by atoms with Crippen molar-refractivity contribution in [2.45, 2.75) is 90.6 Å². The largest absolute Gasteiger partial charge is 0.490 e. The summed E-state index contributed by atoms with van der Waals surface area (Å²) in [7, 11) is 0. The number of thiol groups is 5. The van der Waals surface area contributed by atoms with Crippen molar-refractivity contribution in [1.82, 2.24) is 37.2 Å². The molecule has 1 fully saturated rings. The maximum absolute atomic E-state index is 13.1. The predicted octanol–water partition coefficient (Wildman–Crippen LogP) is 2.95. The number of imide groups is 2. The van der Waals surface area contributed by atoms with Crippen molar-refractivity contribution in [2.75, 3.05) is 126 Å². The summed E-state index contributed by atoms with van der Waals surface area (Å²) >= 11 is 21.3. The van der Waals surface area contributed by atoms with Gasteiger partial charge in [0.1, 0.15) is 76.8 Å². The highest BCUT2D eigenvalue weighted by Gasteiger charge is 2.46. The van der Waals surface area contributed by atoms with Crippen LogP contribution >= 0.6 is 74.9 Å². The molecule has 5 rings (SSSR count). The number of carbonyl (C=O) groups is 10. The van der Waals surface area contributed by atoms with Gasteiger partial charge in [0, 0.05) is 48.1 Å². The Morgan fingerprint density at radius 2 is 0.748 bits per heavy atom. The van der Waals surface area contributed by atoms with Crippen molar-refractivity contribution in [3.05, 3.63) is 174 Å². The molecular weight excluding hydrogens is 1570 g/mol. The zero-order valence-electron chi connectivity index (χ0n) is 61.4. The highest BCUT2D eigenvalue weighted by Crippen LogP contribution is 2.22. The van der Waals surface area contributed by atoms with Crippen molar-refractivity contribution in [3.63, 3.8) is 0 Å². The van der Waals surface area contributed by atoms with Crippen LogP contribution in [-0.2, 0) is 120 Å². The standard InChI is InChI=1S/C30H42N2O11S3.C18H27N3O9S3.C12H15N3O3.C11H12O3/c33-25(9-19-45)42-15-11-31-28(36)24(29(37)32(30(31)38)22-27(35)41-13-4-18-44)8-14-39-12-5-20-46-21-10-26(34)43-17-16-40-23-6-2-1-3-7-23;22-13(1-10-31)28-7-4-19-16(25)20(5-8-29-14(23)2-11-32)18(27)21(17(19)26)6-9-30-15(24)3-12-33;1-4-7-13-10(16)14(8-5-2)12(18)15(9-6-3)11(13)17;1-2-11(12)14-9-8-13-10-6-4-3-5-7-10/h1-3,6-7,24,44-45H,4-5,8-22H2;31-33H,1-12H2;4-6H,1-3,7-9H2;2-7H,1,8-9H2. The number of aromatic nitrogens is 6. The summed E-state index contributed by atoms with van der Waals surface area (Å²) in [5.74, 6) is -2.18. The van der Waals surface area contributed by atoms with Crippen molar-refractivity contribution >= 4 is 135 Å². The number of urea groups is 1. The number of allylic oxidation sites excluding steroid dienone is 3. The minimum absolute atomic E-state index is 0.0148. The molecule has 0 bridgehead atoms. The van der Waals surface area contributed by atoms with E-state index in [9.17, 15) is 76.7 Å². The van der Waals surface area contributed by atoms with E-state index in [1.54, 1.807) is 11.8 Å². The monoisotopic (exact) mass is 1670 g/mol. The van der Waals surface area contributed by atoms with E-state index in [0.717, 1.165) is 49.9 Å². The van der Waals surface area contributed by atoms with E-state index >= 15 is 0 Å². The summed E-state index contributed by atoms with van der Waals surface area (Å²) in [5, 5.41) is 0. The quantitative estimate of drug-likeness (QED) is 0.00807.